The van der Waals surface area contributed by atoms with Gasteiger partial charge in [-0.15, -0.1) is 0 Å². The van der Waals surface area contributed by atoms with Crippen molar-refractivity contribution in [1.29, 1.82) is 0 Å². The lowest BCUT2D eigenvalue weighted by atomic mass is 10.1. The number of hydrogen-bond donors (Lipinski definition) is 3. The minimum Gasteiger partial charge on any atom is -0.394 e. The van der Waals surface area contributed by atoms with Crippen molar-refractivity contribution in [2.24, 2.45) is 0 Å². The van der Waals surface area contributed by atoms with Gasteiger partial charge in [-0.05, 0) is 12.5 Å². The van der Waals surface area contributed by atoms with Crippen LogP contribution in [0.4, 0.5) is 5.82 Å². The molecule has 0 aliphatic rings. The Balaban J connectivity index is 2.10. The Morgan fingerprint density at radius 1 is 1.16 bits per heavy atom. The van der Waals surface area contributed by atoms with Gasteiger partial charge in [-0.25, -0.2) is 4.79 Å². The molecule has 1 heterocycles. The van der Waals surface area contributed by atoms with Crippen LogP contribution in [-0.4, -0.2) is 56.7 Å². The third-order valence-corrected chi connectivity index (χ3v) is 8.11. The van der Waals surface area contributed by atoms with E-state index in [-0.39, 0.29) is 19.0 Å². The molecule has 0 saturated carbocycles. The standard InChI is InChI=1S/C20H38N3O6PS2/c1-2-3-4-5-6-7-8-9-13-31-32-14-12-29-30(26,27)17-28-18(16-24)15-23-11-10-19(21)22-20(23)25/h10-11,18,24H,2-9,12-17H2,1H3,(H,26,27)(H2,21,22,25)/t18-/m0/s1. The SMILES string of the molecule is CCCCCCCCCCSSCCOP(=O)(O)CO[C@H](CO)Cn1ccc(N)nc1=O. The van der Waals surface area contributed by atoms with E-state index in [9.17, 15) is 19.4 Å². The number of nitrogen functional groups attached to an aromatic ring is 1. The zero-order valence-electron chi connectivity index (χ0n) is 18.9. The van der Waals surface area contributed by atoms with Crippen molar-refractivity contribution in [1.82, 2.24) is 9.55 Å². The molecule has 0 aliphatic carbocycles. The number of hydrogen-bond acceptors (Lipinski definition) is 9. The highest BCUT2D eigenvalue weighted by Crippen LogP contribution is 2.42. The van der Waals surface area contributed by atoms with Gasteiger partial charge >= 0.3 is 13.3 Å². The number of aliphatic hydroxyl groups excluding tert-OH is 1. The largest absolute Gasteiger partial charge is 0.394 e. The first-order valence-corrected chi connectivity index (χ1v) is 15.4. The van der Waals surface area contributed by atoms with Gasteiger partial charge in [-0.2, -0.15) is 4.98 Å². The first-order chi connectivity index (χ1) is 15.4. The number of nitrogens with zero attached hydrogens (tertiary/aromatic N) is 2. The summed E-state index contributed by atoms with van der Waals surface area (Å²) in [6, 6.07) is 1.44. The smallest absolute Gasteiger partial charge is 0.353 e. The molecule has 12 heteroatoms. The number of anilines is 1. The van der Waals surface area contributed by atoms with Crippen molar-refractivity contribution < 1.29 is 23.8 Å². The van der Waals surface area contributed by atoms with Crippen LogP contribution in [0.25, 0.3) is 0 Å². The predicted octanol–water partition coefficient (Wildman–Crippen LogP) is 3.88. The van der Waals surface area contributed by atoms with E-state index in [1.165, 1.54) is 68.2 Å². The molecule has 1 unspecified atom stereocenters. The fraction of sp³-hybridized carbons (Fsp3) is 0.800. The molecule has 9 nitrogen and oxygen atoms in total. The lowest BCUT2D eigenvalue weighted by molar-refractivity contribution is 0.0170. The summed E-state index contributed by atoms with van der Waals surface area (Å²) in [5.74, 6) is 1.76. The van der Waals surface area contributed by atoms with Gasteiger partial charge in [0, 0.05) is 17.7 Å². The average Bonchev–Trinajstić information content (AvgIpc) is 2.75. The van der Waals surface area contributed by atoms with Crippen LogP contribution in [0.5, 0.6) is 0 Å². The van der Waals surface area contributed by atoms with E-state index < -0.39 is 32.3 Å². The minimum absolute atomic E-state index is 0.0200. The molecule has 186 valence electrons. The second kappa shape index (κ2) is 17.9. The van der Waals surface area contributed by atoms with Crippen LogP contribution >= 0.6 is 29.2 Å². The molecule has 1 aromatic heterocycles. The van der Waals surface area contributed by atoms with Gasteiger partial charge in [0.25, 0.3) is 0 Å². The van der Waals surface area contributed by atoms with E-state index in [1.807, 2.05) is 0 Å². The fourth-order valence-electron chi connectivity index (χ4n) is 2.83. The second-order valence-corrected chi connectivity index (χ2v) is 12.0. The van der Waals surface area contributed by atoms with Gasteiger partial charge < -0.3 is 25.0 Å². The molecule has 1 aromatic rings. The zero-order chi connectivity index (χ0) is 23.7. The molecule has 1 rings (SSSR count). The molecule has 0 bridgehead atoms. The summed E-state index contributed by atoms with van der Waals surface area (Å²) in [6.45, 7) is 1.92. The van der Waals surface area contributed by atoms with Crippen LogP contribution in [0.15, 0.2) is 17.1 Å². The highest BCUT2D eigenvalue weighted by Gasteiger charge is 2.22. The van der Waals surface area contributed by atoms with Gasteiger partial charge in [0.2, 0.25) is 0 Å². The van der Waals surface area contributed by atoms with Gasteiger partial charge in [-0.1, -0.05) is 73.5 Å². The van der Waals surface area contributed by atoms with E-state index in [0.29, 0.717) is 5.75 Å². The lowest BCUT2D eigenvalue weighted by Gasteiger charge is -2.19. The Morgan fingerprint density at radius 3 is 2.47 bits per heavy atom. The van der Waals surface area contributed by atoms with Crippen LogP contribution in [0.3, 0.4) is 0 Å². The molecule has 0 spiro atoms. The van der Waals surface area contributed by atoms with E-state index >= 15 is 0 Å². The molecule has 0 aliphatic heterocycles. The molecular weight excluding hydrogens is 473 g/mol. The predicted molar refractivity (Wildman–Crippen MR) is 133 cm³/mol. The Bertz CT molecular complexity index is 725. The Labute approximate surface area is 198 Å². The third kappa shape index (κ3) is 14.6. The number of unbranched alkanes of at least 4 members (excludes halogenated alkanes) is 7. The van der Waals surface area contributed by atoms with Gasteiger partial charge in [0.15, 0.2) is 0 Å². The molecule has 0 fully saturated rings. The normalized spacial score (nSPS) is 14.3. The number of rotatable bonds is 20. The number of aromatic nitrogens is 2. The fourth-order valence-corrected chi connectivity index (χ4v) is 5.77. The summed E-state index contributed by atoms with van der Waals surface area (Å²) in [7, 11) is -0.565. The number of aliphatic hydroxyl groups is 1. The molecule has 0 aromatic carbocycles. The van der Waals surface area contributed by atoms with Crippen molar-refractivity contribution in [2.45, 2.75) is 70.9 Å². The molecule has 2 atom stereocenters. The summed E-state index contributed by atoms with van der Waals surface area (Å²) in [5, 5.41) is 9.42. The first kappa shape index (κ1) is 29.5. The molecule has 4 N–H and O–H groups in total. The van der Waals surface area contributed by atoms with Crippen molar-refractivity contribution in [3.8, 4) is 0 Å². The van der Waals surface area contributed by atoms with Crippen molar-refractivity contribution in [3.63, 3.8) is 0 Å². The van der Waals surface area contributed by atoms with Crippen LogP contribution in [0, 0.1) is 0 Å². The highest BCUT2D eigenvalue weighted by molar-refractivity contribution is 8.76. The number of ether oxygens (including phenoxy) is 1. The van der Waals surface area contributed by atoms with E-state index in [2.05, 4.69) is 11.9 Å². The maximum Gasteiger partial charge on any atom is 0.353 e. The highest BCUT2D eigenvalue weighted by atomic mass is 33.1. The maximum atomic E-state index is 12.1. The van der Waals surface area contributed by atoms with Gasteiger partial charge in [0.1, 0.15) is 12.2 Å². The zero-order valence-corrected chi connectivity index (χ0v) is 21.4. The van der Waals surface area contributed by atoms with Crippen molar-refractivity contribution >= 4 is 35.0 Å². The van der Waals surface area contributed by atoms with Crippen molar-refractivity contribution in [2.75, 3.05) is 36.8 Å². The topological polar surface area (TPSA) is 137 Å². The van der Waals surface area contributed by atoms with Crippen molar-refractivity contribution in [3.05, 3.63) is 22.7 Å². The van der Waals surface area contributed by atoms with Crippen LogP contribution in [0.2, 0.25) is 0 Å². The van der Waals surface area contributed by atoms with E-state index in [0.717, 1.165) is 5.75 Å². The second-order valence-electron chi connectivity index (χ2n) is 7.48. The lowest BCUT2D eigenvalue weighted by Crippen LogP contribution is -2.32. The van der Waals surface area contributed by atoms with Gasteiger partial charge in [-0.3, -0.25) is 9.13 Å². The molecule has 0 saturated heterocycles. The molecular formula is C20H38N3O6PS2. The summed E-state index contributed by atoms with van der Waals surface area (Å²) < 4.78 is 23.7. The molecule has 32 heavy (non-hydrogen) atoms. The summed E-state index contributed by atoms with van der Waals surface area (Å²) in [6.07, 6.45) is 10.4. The Morgan fingerprint density at radius 2 is 1.81 bits per heavy atom. The number of nitrogens with two attached hydrogens (primary N) is 1. The summed E-state index contributed by atoms with van der Waals surface area (Å²) >= 11 is 0. The van der Waals surface area contributed by atoms with Gasteiger partial charge in [0.05, 0.1) is 25.9 Å². The van der Waals surface area contributed by atoms with Crippen LogP contribution < -0.4 is 11.4 Å². The Kier molecular flexibility index (Phi) is 16.5. The monoisotopic (exact) mass is 511 g/mol. The quantitative estimate of drug-likeness (QED) is 0.134. The summed E-state index contributed by atoms with van der Waals surface area (Å²) in [4.78, 5) is 25.2. The first-order valence-electron chi connectivity index (χ1n) is 11.1. The minimum atomic E-state index is -3.95. The average molecular weight is 512 g/mol. The maximum absolute atomic E-state index is 12.1. The van der Waals surface area contributed by atoms with Crippen LogP contribution in [0.1, 0.15) is 58.3 Å². The third-order valence-electron chi connectivity index (χ3n) is 4.60. The molecule has 0 radical (unpaired) electrons. The van der Waals surface area contributed by atoms with Crippen LogP contribution in [-0.2, 0) is 20.4 Å². The Hall–Kier alpha value is -0.550. The molecule has 0 amide bonds. The summed E-state index contributed by atoms with van der Waals surface area (Å²) in [5.41, 5.74) is 4.85. The van der Waals surface area contributed by atoms with E-state index in [1.54, 1.807) is 21.6 Å². The van der Waals surface area contributed by atoms with E-state index in [4.69, 9.17) is 15.0 Å².